The highest BCUT2D eigenvalue weighted by molar-refractivity contribution is 7.10. The molecule has 0 amide bonds. The second-order valence-electron chi connectivity index (χ2n) is 5.72. The highest BCUT2D eigenvalue weighted by Gasteiger charge is 2.21. The van der Waals surface area contributed by atoms with Gasteiger partial charge in [-0.15, -0.1) is 22.7 Å². The van der Waals surface area contributed by atoms with E-state index in [1.54, 1.807) is 16.2 Å². The van der Waals surface area contributed by atoms with Crippen LogP contribution < -0.4 is 5.32 Å². The molecular formula is C15H19N3S2. The Morgan fingerprint density at radius 2 is 2.30 bits per heavy atom. The van der Waals surface area contributed by atoms with Crippen LogP contribution in [0.4, 0.5) is 0 Å². The maximum Gasteiger partial charge on any atom is 0.107 e. The summed E-state index contributed by atoms with van der Waals surface area (Å²) in [5, 5.41) is 9.22. The summed E-state index contributed by atoms with van der Waals surface area (Å²) in [6.07, 6.45) is 3.89. The van der Waals surface area contributed by atoms with Crippen LogP contribution in [0.15, 0.2) is 16.8 Å². The second kappa shape index (κ2) is 5.56. The number of thiazole rings is 1. The summed E-state index contributed by atoms with van der Waals surface area (Å²) < 4.78 is 0. The topological polar surface area (TPSA) is 28.2 Å². The van der Waals surface area contributed by atoms with Gasteiger partial charge in [0.1, 0.15) is 5.01 Å². The zero-order valence-corrected chi connectivity index (χ0v) is 13.1. The van der Waals surface area contributed by atoms with Crippen LogP contribution in [0.1, 0.15) is 34.0 Å². The van der Waals surface area contributed by atoms with E-state index in [0.717, 1.165) is 25.7 Å². The highest BCUT2D eigenvalue weighted by Crippen LogP contribution is 2.25. The molecule has 0 aromatic carbocycles. The normalized spacial score (nSPS) is 19.2. The van der Waals surface area contributed by atoms with Crippen LogP contribution in [0.5, 0.6) is 0 Å². The highest BCUT2D eigenvalue weighted by atomic mass is 32.1. The number of fused-ring (bicyclic) bond motifs is 1. The third kappa shape index (κ3) is 2.96. The summed E-state index contributed by atoms with van der Waals surface area (Å²) in [7, 11) is 0. The van der Waals surface area contributed by atoms with Crippen molar-refractivity contribution < 1.29 is 0 Å². The molecule has 3 nitrogen and oxygen atoms in total. The van der Waals surface area contributed by atoms with E-state index in [1.165, 1.54) is 42.1 Å². The number of hydrogen-bond acceptors (Lipinski definition) is 5. The van der Waals surface area contributed by atoms with Crippen molar-refractivity contribution in [3.8, 4) is 0 Å². The SMILES string of the molecule is c1cc2c(s1)CCN(Cc1csc(CNC3CC3)n1)C2. The van der Waals surface area contributed by atoms with Crippen molar-refractivity contribution in [2.45, 2.75) is 44.9 Å². The molecule has 1 aliphatic carbocycles. The first kappa shape index (κ1) is 13.0. The van der Waals surface area contributed by atoms with Crippen molar-refractivity contribution in [1.29, 1.82) is 0 Å². The summed E-state index contributed by atoms with van der Waals surface area (Å²) in [5.41, 5.74) is 2.76. The van der Waals surface area contributed by atoms with Crippen molar-refractivity contribution in [1.82, 2.24) is 15.2 Å². The van der Waals surface area contributed by atoms with E-state index in [2.05, 4.69) is 27.0 Å². The molecule has 3 heterocycles. The van der Waals surface area contributed by atoms with Gasteiger partial charge in [0.25, 0.3) is 0 Å². The molecule has 1 aliphatic heterocycles. The fourth-order valence-corrected chi connectivity index (χ4v) is 4.32. The summed E-state index contributed by atoms with van der Waals surface area (Å²) in [4.78, 5) is 8.86. The Bertz CT molecular complexity index is 585. The molecule has 20 heavy (non-hydrogen) atoms. The van der Waals surface area contributed by atoms with Gasteiger partial charge in [0.15, 0.2) is 0 Å². The Kier molecular flexibility index (Phi) is 3.60. The third-order valence-electron chi connectivity index (χ3n) is 3.99. The lowest BCUT2D eigenvalue weighted by Crippen LogP contribution is -2.29. The Labute approximate surface area is 127 Å². The van der Waals surface area contributed by atoms with E-state index < -0.39 is 0 Å². The zero-order chi connectivity index (χ0) is 13.4. The molecule has 1 fully saturated rings. The van der Waals surface area contributed by atoms with Crippen LogP contribution >= 0.6 is 22.7 Å². The fourth-order valence-electron chi connectivity index (χ4n) is 2.69. The minimum atomic E-state index is 0.765. The van der Waals surface area contributed by atoms with Crippen LogP contribution in [0, 0.1) is 0 Å². The summed E-state index contributed by atoms with van der Waals surface area (Å²) in [5.74, 6) is 0. The molecule has 0 radical (unpaired) electrons. The molecule has 0 bridgehead atoms. The molecule has 5 heteroatoms. The molecule has 0 spiro atoms. The maximum atomic E-state index is 4.76. The van der Waals surface area contributed by atoms with Crippen LogP contribution in [-0.2, 0) is 26.1 Å². The number of nitrogens with zero attached hydrogens (tertiary/aromatic N) is 2. The van der Waals surface area contributed by atoms with Gasteiger partial charge in [-0.2, -0.15) is 0 Å². The van der Waals surface area contributed by atoms with Gasteiger partial charge in [0, 0.05) is 42.5 Å². The molecule has 106 valence electrons. The number of aromatic nitrogens is 1. The first-order valence-electron chi connectivity index (χ1n) is 7.31. The minimum absolute atomic E-state index is 0.765. The van der Waals surface area contributed by atoms with Crippen molar-refractivity contribution in [3.63, 3.8) is 0 Å². The van der Waals surface area contributed by atoms with E-state index in [1.807, 2.05) is 11.3 Å². The van der Waals surface area contributed by atoms with E-state index in [9.17, 15) is 0 Å². The number of rotatable bonds is 5. The molecule has 1 N–H and O–H groups in total. The first-order chi connectivity index (χ1) is 9.87. The third-order valence-corrected chi connectivity index (χ3v) is 5.91. The van der Waals surface area contributed by atoms with Crippen molar-refractivity contribution >= 4 is 22.7 Å². The molecule has 1 saturated carbocycles. The van der Waals surface area contributed by atoms with Gasteiger partial charge in [-0.25, -0.2) is 4.98 Å². The number of nitrogens with one attached hydrogen (secondary N) is 1. The van der Waals surface area contributed by atoms with Gasteiger partial charge in [-0.3, -0.25) is 4.90 Å². The van der Waals surface area contributed by atoms with Crippen LogP contribution in [-0.4, -0.2) is 22.5 Å². The molecule has 2 aliphatic rings. The van der Waals surface area contributed by atoms with E-state index in [0.29, 0.717) is 0 Å². The van der Waals surface area contributed by atoms with Gasteiger partial charge in [0.05, 0.1) is 5.69 Å². The molecule has 0 unspecified atom stereocenters. The van der Waals surface area contributed by atoms with Crippen molar-refractivity contribution in [2.24, 2.45) is 0 Å². The lowest BCUT2D eigenvalue weighted by molar-refractivity contribution is 0.245. The Balaban J connectivity index is 1.34. The van der Waals surface area contributed by atoms with Crippen molar-refractivity contribution in [3.05, 3.63) is 38.0 Å². The molecular weight excluding hydrogens is 286 g/mol. The average molecular weight is 305 g/mol. The summed E-state index contributed by atoms with van der Waals surface area (Å²) in [6, 6.07) is 3.04. The van der Waals surface area contributed by atoms with E-state index >= 15 is 0 Å². The van der Waals surface area contributed by atoms with E-state index in [-0.39, 0.29) is 0 Å². The molecule has 0 saturated heterocycles. The predicted octanol–water partition coefficient (Wildman–Crippen LogP) is 3.01. The summed E-state index contributed by atoms with van der Waals surface area (Å²) in [6.45, 7) is 4.20. The largest absolute Gasteiger partial charge is 0.308 e. The van der Waals surface area contributed by atoms with Gasteiger partial charge in [0.2, 0.25) is 0 Å². The molecule has 4 rings (SSSR count). The monoisotopic (exact) mass is 305 g/mol. The second-order valence-corrected chi connectivity index (χ2v) is 7.66. The summed E-state index contributed by atoms with van der Waals surface area (Å²) >= 11 is 3.70. The van der Waals surface area contributed by atoms with Gasteiger partial charge < -0.3 is 5.32 Å². The Hall–Kier alpha value is -0.750. The maximum absolute atomic E-state index is 4.76. The van der Waals surface area contributed by atoms with Gasteiger partial charge in [-0.05, 0) is 36.3 Å². The number of hydrogen-bond donors (Lipinski definition) is 1. The minimum Gasteiger partial charge on any atom is -0.308 e. The average Bonchev–Trinajstić information content (AvgIpc) is 2.99. The molecule has 0 atom stereocenters. The van der Waals surface area contributed by atoms with Crippen LogP contribution in [0.3, 0.4) is 0 Å². The van der Waals surface area contributed by atoms with Crippen LogP contribution in [0.25, 0.3) is 0 Å². The van der Waals surface area contributed by atoms with Gasteiger partial charge >= 0.3 is 0 Å². The quantitative estimate of drug-likeness (QED) is 0.920. The Morgan fingerprint density at radius 3 is 3.20 bits per heavy atom. The molecule has 2 aromatic heterocycles. The zero-order valence-electron chi connectivity index (χ0n) is 11.5. The standard InChI is InChI=1S/C15H19N3S2/c1-2-12(1)16-7-15-17-13(10-20-15)9-18-5-3-14-11(8-18)4-6-19-14/h4,6,10,12,16H,1-3,5,7-9H2. The fraction of sp³-hybridized carbons (Fsp3) is 0.533. The molecule has 2 aromatic rings. The predicted molar refractivity (Wildman–Crippen MR) is 84.1 cm³/mol. The lowest BCUT2D eigenvalue weighted by Gasteiger charge is -2.25. The Morgan fingerprint density at radius 1 is 1.35 bits per heavy atom. The lowest BCUT2D eigenvalue weighted by atomic mass is 10.1. The van der Waals surface area contributed by atoms with Crippen molar-refractivity contribution in [2.75, 3.05) is 6.54 Å². The first-order valence-corrected chi connectivity index (χ1v) is 9.07. The van der Waals surface area contributed by atoms with Crippen LogP contribution in [0.2, 0.25) is 0 Å². The van der Waals surface area contributed by atoms with Gasteiger partial charge in [-0.1, -0.05) is 0 Å². The smallest absolute Gasteiger partial charge is 0.107 e. The van der Waals surface area contributed by atoms with E-state index in [4.69, 9.17) is 4.98 Å². The number of thiophene rings is 1.